The molecule has 7 nitrogen and oxygen atoms in total. The number of methoxy groups -OCH3 is 2. The maximum Gasteiger partial charge on any atom is 0.258 e. The van der Waals surface area contributed by atoms with Crippen molar-refractivity contribution in [3.05, 3.63) is 83.9 Å². The van der Waals surface area contributed by atoms with Crippen molar-refractivity contribution in [2.75, 3.05) is 25.7 Å². The Morgan fingerprint density at radius 1 is 0.871 bits per heavy atom. The van der Waals surface area contributed by atoms with Gasteiger partial charge in [0.2, 0.25) is 5.75 Å². The van der Waals surface area contributed by atoms with Gasteiger partial charge in [-0.3, -0.25) is 9.59 Å². The van der Waals surface area contributed by atoms with Crippen LogP contribution in [0.4, 0.5) is 5.69 Å². The molecule has 0 heterocycles. The zero-order chi connectivity index (χ0) is 22.2. The zero-order valence-corrected chi connectivity index (χ0v) is 17.4. The first kappa shape index (κ1) is 21.7. The average Bonchev–Trinajstić information content (AvgIpc) is 2.81. The van der Waals surface area contributed by atoms with Crippen molar-refractivity contribution in [2.24, 2.45) is 5.73 Å². The Kier molecular flexibility index (Phi) is 7.11. The molecule has 0 atom stereocenters. The van der Waals surface area contributed by atoms with E-state index in [9.17, 15) is 9.59 Å². The van der Waals surface area contributed by atoms with E-state index in [0.29, 0.717) is 12.1 Å². The van der Waals surface area contributed by atoms with Crippen LogP contribution >= 0.6 is 0 Å². The highest BCUT2D eigenvalue weighted by Crippen LogP contribution is 2.39. The van der Waals surface area contributed by atoms with Crippen LogP contribution in [0.3, 0.4) is 0 Å². The summed E-state index contributed by atoms with van der Waals surface area (Å²) in [7, 11) is 2.89. The molecule has 0 fully saturated rings. The standard InChI is InChI=1S/C24H24N2O5/c1-29-20-13-18(14-21(30-2)23(20)31-16-22(25)27)24(28)26(19-11-7-4-8-12-19)15-17-9-5-3-6-10-17/h3-14H,15-16H2,1-2H3,(H2,25,27). The molecule has 2 N–H and O–H groups in total. The largest absolute Gasteiger partial charge is 0.493 e. The molecule has 0 unspecified atom stereocenters. The van der Waals surface area contributed by atoms with Gasteiger partial charge >= 0.3 is 0 Å². The Balaban J connectivity index is 2.01. The van der Waals surface area contributed by atoms with Gasteiger partial charge in [0, 0.05) is 11.3 Å². The monoisotopic (exact) mass is 420 g/mol. The van der Waals surface area contributed by atoms with Crippen LogP contribution < -0.4 is 24.8 Å². The third-order valence-corrected chi connectivity index (χ3v) is 4.56. The average molecular weight is 420 g/mol. The van der Waals surface area contributed by atoms with Crippen LogP contribution in [0.2, 0.25) is 0 Å². The SMILES string of the molecule is COc1cc(C(=O)N(Cc2ccccc2)c2ccccc2)cc(OC)c1OCC(N)=O. The van der Waals surface area contributed by atoms with E-state index < -0.39 is 5.91 Å². The van der Waals surface area contributed by atoms with Crippen LogP contribution in [0.15, 0.2) is 72.8 Å². The Hall–Kier alpha value is -4.00. The lowest BCUT2D eigenvalue weighted by Crippen LogP contribution is -2.30. The summed E-state index contributed by atoms with van der Waals surface area (Å²) in [5, 5.41) is 0. The predicted octanol–water partition coefficient (Wildman–Crippen LogP) is 3.41. The quantitative estimate of drug-likeness (QED) is 0.573. The van der Waals surface area contributed by atoms with Crippen LogP contribution in [0.1, 0.15) is 15.9 Å². The summed E-state index contributed by atoms with van der Waals surface area (Å²) in [4.78, 5) is 26.4. The van der Waals surface area contributed by atoms with E-state index in [-0.39, 0.29) is 29.8 Å². The summed E-state index contributed by atoms with van der Waals surface area (Å²) in [5.41, 5.74) is 7.26. The Morgan fingerprint density at radius 2 is 1.42 bits per heavy atom. The van der Waals surface area contributed by atoms with E-state index in [1.807, 2.05) is 60.7 Å². The molecule has 3 aromatic rings. The number of carbonyl (C=O) groups excluding carboxylic acids is 2. The number of hydrogen-bond donors (Lipinski definition) is 1. The highest BCUT2D eigenvalue weighted by Gasteiger charge is 2.23. The minimum Gasteiger partial charge on any atom is -0.493 e. The molecule has 31 heavy (non-hydrogen) atoms. The van der Waals surface area contributed by atoms with E-state index in [0.717, 1.165) is 11.3 Å². The second kappa shape index (κ2) is 10.2. The molecule has 0 aliphatic carbocycles. The molecular formula is C24H24N2O5. The van der Waals surface area contributed by atoms with Crippen molar-refractivity contribution >= 4 is 17.5 Å². The molecule has 0 aromatic heterocycles. The van der Waals surface area contributed by atoms with Crippen molar-refractivity contribution in [2.45, 2.75) is 6.54 Å². The maximum atomic E-state index is 13.6. The number of hydrogen-bond acceptors (Lipinski definition) is 5. The van der Waals surface area contributed by atoms with E-state index >= 15 is 0 Å². The fourth-order valence-corrected chi connectivity index (χ4v) is 3.10. The highest BCUT2D eigenvalue weighted by molar-refractivity contribution is 6.06. The van der Waals surface area contributed by atoms with Crippen LogP contribution in [-0.2, 0) is 11.3 Å². The first-order chi connectivity index (χ1) is 15.0. The number of para-hydroxylation sites is 1. The molecule has 0 aliphatic rings. The molecule has 0 saturated carbocycles. The van der Waals surface area contributed by atoms with Gasteiger partial charge in [-0.05, 0) is 29.8 Å². The minimum atomic E-state index is -0.637. The number of nitrogens with zero attached hydrogens (tertiary/aromatic N) is 1. The van der Waals surface area contributed by atoms with Crippen LogP contribution in [0, 0.1) is 0 Å². The van der Waals surface area contributed by atoms with E-state index in [2.05, 4.69) is 0 Å². The molecule has 7 heteroatoms. The molecule has 0 bridgehead atoms. The van der Waals surface area contributed by atoms with Gasteiger partial charge in [0.05, 0.1) is 20.8 Å². The van der Waals surface area contributed by atoms with Gasteiger partial charge in [0.25, 0.3) is 11.8 Å². The summed E-state index contributed by atoms with van der Waals surface area (Å²) in [5.74, 6) is -0.154. The van der Waals surface area contributed by atoms with Gasteiger partial charge in [-0.1, -0.05) is 48.5 Å². The van der Waals surface area contributed by atoms with Crippen molar-refractivity contribution in [3.63, 3.8) is 0 Å². The summed E-state index contributed by atoms with van der Waals surface area (Å²) in [6.07, 6.45) is 0. The molecule has 0 spiro atoms. The van der Waals surface area contributed by atoms with Crippen LogP contribution in [0.5, 0.6) is 17.2 Å². The molecule has 3 aromatic carbocycles. The molecule has 160 valence electrons. The summed E-state index contributed by atoms with van der Waals surface area (Å²) in [6, 6.07) is 22.2. The molecular weight excluding hydrogens is 396 g/mol. The Labute approximate surface area is 180 Å². The summed E-state index contributed by atoms with van der Waals surface area (Å²) >= 11 is 0. The number of amides is 2. The number of ether oxygens (including phenoxy) is 3. The van der Waals surface area contributed by atoms with Crippen LogP contribution in [0.25, 0.3) is 0 Å². The predicted molar refractivity (Wildman–Crippen MR) is 118 cm³/mol. The number of nitrogens with two attached hydrogens (primary N) is 1. The van der Waals surface area contributed by atoms with Gasteiger partial charge in [0.1, 0.15) is 0 Å². The highest BCUT2D eigenvalue weighted by atomic mass is 16.5. The Bertz CT molecular complexity index is 1010. The Morgan fingerprint density at radius 3 is 1.94 bits per heavy atom. The fraction of sp³-hybridized carbons (Fsp3) is 0.167. The molecule has 0 saturated heterocycles. The van der Waals surface area contributed by atoms with E-state index in [1.54, 1.807) is 17.0 Å². The number of carbonyl (C=O) groups is 2. The van der Waals surface area contributed by atoms with Crippen molar-refractivity contribution < 1.29 is 23.8 Å². The van der Waals surface area contributed by atoms with Crippen molar-refractivity contribution in [3.8, 4) is 17.2 Å². The molecule has 0 aliphatic heterocycles. The fourth-order valence-electron chi connectivity index (χ4n) is 3.10. The summed E-state index contributed by atoms with van der Waals surface area (Å²) in [6.45, 7) is 0.0401. The number of rotatable bonds is 9. The molecule has 0 radical (unpaired) electrons. The second-order valence-electron chi connectivity index (χ2n) is 6.68. The number of primary amides is 1. The molecule has 3 rings (SSSR count). The molecule has 2 amide bonds. The lowest BCUT2D eigenvalue weighted by Gasteiger charge is -2.24. The lowest BCUT2D eigenvalue weighted by atomic mass is 10.1. The van der Waals surface area contributed by atoms with Gasteiger partial charge in [-0.2, -0.15) is 0 Å². The van der Waals surface area contributed by atoms with Gasteiger partial charge in [-0.15, -0.1) is 0 Å². The minimum absolute atomic E-state index is 0.203. The topological polar surface area (TPSA) is 91.1 Å². The van der Waals surface area contributed by atoms with Crippen molar-refractivity contribution in [1.29, 1.82) is 0 Å². The van der Waals surface area contributed by atoms with E-state index in [4.69, 9.17) is 19.9 Å². The van der Waals surface area contributed by atoms with Gasteiger partial charge in [-0.25, -0.2) is 0 Å². The first-order valence-corrected chi connectivity index (χ1v) is 9.61. The number of benzene rings is 3. The van der Waals surface area contributed by atoms with Gasteiger partial charge in [0.15, 0.2) is 18.1 Å². The van der Waals surface area contributed by atoms with Gasteiger partial charge < -0.3 is 24.8 Å². The number of anilines is 1. The third kappa shape index (κ3) is 5.33. The van der Waals surface area contributed by atoms with Crippen molar-refractivity contribution in [1.82, 2.24) is 0 Å². The zero-order valence-electron chi connectivity index (χ0n) is 17.4. The van der Waals surface area contributed by atoms with E-state index in [1.165, 1.54) is 14.2 Å². The van der Waals surface area contributed by atoms with Crippen LogP contribution in [-0.4, -0.2) is 32.6 Å². The third-order valence-electron chi connectivity index (χ3n) is 4.56. The second-order valence-corrected chi connectivity index (χ2v) is 6.68. The normalized spacial score (nSPS) is 10.3. The first-order valence-electron chi connectivity index (χ1n) is 9.61. The summed E-state index contributed by atoms with van der Waals surface area (Å²) < 4.78 is 16.2. The lowest BCUT2D eigenvalue weighted by molar-refractivity contribution is -0.120. The smallest absolute Gasteiger partial charge is 0.258 e. The maximum absolute atomic E-state index is 13.6.